The van der Waals surface area contributed by atoms with Gasteiger partial charge in [0.15, 0.2) is 22.8 Å². The molecule has 17 nitrogen and oxygen atoms in total. The highest BCUT2D eigenvalue weighted by Gasteiger charge is 2.45. The van der Waals surface area contributed by atoms with Crippen LogP contribution in [-0.2, 0) is 13.2 Å². The molecule has 1 aliphatic carbocycles. The molecule has 0 bridgehead atoms. The van der Waals surface area contributed by atoms with Crippen molar-refractivity contribution in [3.63, 3.8) is 0 Å². The third kappa shape index (κ3) is 7.62. The van der Waals surface area contributed by atoms with Crippen molar-refractivity contribution in [2.24, 2.45) is 0 Å². The maximum Gasteiger partial charge on any atom is 0.315 e. The lowest BCUT2D eigenvalue weighted by Gasteiger charge is -2.22. The van der Waals surface area contributed by atoms with Crippen LogP contribution in [-0.4, -0.2) is 104 Å². The average Bonchev–Trinajstić information content (AvgIpc) is 4.02. The Balaban J connectivity index is 1.07. The minimum absolute atomic E-state index is 0.0109. The number of amides is 2. The SMILES string of the molecule is O=C(NCc1cccc(O)c1)NC1CCN(c2nc(NCC(c3ccccc3)c3ccccc3)c3ncn([C@@H]4C[C@H](n5nnc(CO)n5)[C@@H](O)[C@H]4O)c3n2)C1. The monoisotopic (exact) mass is 746 g/mol. The lowest BCUT2D eigenvalue weighted by Crippen LogP contribution is -2.43. The second-order valence-electron chi connectivity index (χ2n) is 13.9. The molecule has 0 spiro atoms. The zero-order valence-corrected chi connectivity index (χ0v) is 29.8. The summed E-state index contributed by atoms with van der Waals surface area (Å²) in [6.45, 7) is 1.38. The number of urea groups is 1. The van der Waals surface area contributed by atoms with Crippen molar-refractivity contribution in [3.05, 3.63) is 114 Å². The molecule has 1 saturated carbocycles. The minimum atomic E-state index is -1.22. The van der Waals surface area contributed by atoms with E-state index >= 15 is 0 Å². The molecule has 7 N–H and O–H groups in total. The van der Waals surface area contributed by atoms with Crippen LogP contribution < -0.4 is 20.9 Å². The maximum absolute atomic E-state index is 12.8. The molecule has 5 atom stereocenters. The quantitative estimate of drug-likeness (QED) is 0.0956. The van der Waals surface area contributed by atoms with Crippen LogP contribution >= 0.6 is 0 Å². The summed E-state index contributed by atoms with van der Waals surface area (Å²) in [6.07, 6.45) is 0.0728. The zero-order valence-electron chi connectivity index (χ0n) is 29.8. The van der Waals surface area contributed by atoms with Gasteiger partial charge in [0, 0.05) is 38.1 Å². The highest BCUT2D eigenvalue weighted by molar-refractivity contribution is 5.84. The van der Waals surface area contributed by atoms with Crippen LogP contribution in [0.2, 0.25) is 0 Å². The summed E-state index contributed by atoms with van der Waals surface area (Å²) < 4.78 is 1.76. The third-order valence-electron chi connectivity index (χ3n) is 10.3. The number of nitrogens with zero attached hydrogens (tertiary/aromatic N) is 9. The molecule has 55 heavy (non-hydrogen) atoms. The van der Waals surface area contributed by atoms with E-state index in [1.54, 1.807) is 29.1 Å². The van der Waals surface area contributed by atoms with Gasteiger partial charge in [-0.1, -0.05) is 72.8 Å². The molecule has 3 aromatic heterocycles. The Labute approximate surface area is 315 Å². The lowest BCUT2D eigenvalue weighted by molar-refractivity contribution is 0.00469. The van der Waals surface area contributed by atoms with Gasteiger partial charge in [0.2, 0.25) is 5.95 Å². The molecular weight excluding hydrogens is 704 g/mol. The number of aliphatic hydroxyl groups is 3. The molecule has 2 fully saturated rings. The van der Waals surface area contributed by atoms with E-state index in [-0.39, 0.29) is 42.5 Å². The van der Waals surface area contributed by atoms with Crippen molar-refractivity contribution in [3.8, 4) is 5.75 Å². The number of anilines is 2. The Kier molecular flexibility index (Phi) is 10.2. The van der Waals surface area contributed by atoms with Crippen molar-refractivity contribution in [1.29, 1.82) is 0 Å². The smallest absolute Gasteiger partial charge is 0.315 e. The van der Waals surface area contributed by atoms with Gasteiger partial charge in [-0.3, -0.25) is 0 Å². The molecule has 2 amide bonds. The molecule has 1 aliphatic heterocycles. The molecule has 17 heteroatoms. The van der Waals surface area contributed by atoms with Crippen LogP contribution in [0, 0.1) is 0 Å². The molecule has 3 aromatic carbocycles. The first kappa shape index (κ1) is 35.8. The topological polar surface area (TPSA) is 225 Å². The van der Waals surface area contributed by atoms with Gasteiger partial charge in [0.1, 0.15) is 30.6 Å². The first-order valence-corrected chi connectivity index (χ1v) is 18.3. The fraction of sp³-hybridized carbons (Fsp3) is 0.342. The molecule has 1 saturated heterocycles. The van der Waals surface area contributed by atoms with Crippen molar-refractivity contribution in [2.75, 3.05) is 29.9 Å². The van der Waals surface area contributed by atoms with Crippen molar-refractivity contribution in [2.45, 2.75) is 62.2 Å². The van der Waals surface area contributed by atoms with Crippen LogP contribution in [0.5, 0.6) is 5.75 Å². The van der Waals surface area contributed by atoms with Gasteiger partial charge >= 0.3 is 6.03 Å². The van der Waals surface area contributed by atoms with Crippen molar-refractivity contribution in [1.82, 2.24) is 50.4 Å². The molecule has 1 unspecified atom stereocenters. The number of carbonyl (C=O) groups is 1. The van der Waals surface area contributed by atoms with E-state index in [0.717, 1.165) is 16.7 Å². The number of hydrogen-bond acceptors (Lipinski definition) is 13. The van der Waals surface area contributed by atoms with Gasteiger partial charge in [-0.05, 0) is 46.9 Å². The van der Waals surface area contributed by atoms with E-state index in [0.29, 0.717) is 49.0 Å². The summed E-state index contributed by atoms with van der Waals surface area (Å²) in [5.41, 5.74) is 4.00. The summed E-state index contributed by atoms with van der Waals surface area (Å²) in [4.78, 5) is 30.8. The third-order valence-corrected chi connectivity index (χ3v) is 10.3. The van der Waals surface area contributed by atoms with Crippen LogP contribution in [0.4, 0.5) is 16.6 Å². The first-order chi connectivity index (χ1) is 26.8. The number of benzene rings is 3. The number of aromatic nitrogens is 8. The molecular formula is C38H42N12O5. The largest absolute Gasteiger partial charge is 0.508 e. The summed E-state index contributed by atoms with van der Waals surface area (Å²) in [5, 5.41) is 63.1. The van der Waals surface area contributed by atoms with Crippen molar-refractivity contribution < 1.29 is 25.2 Å². The molecule has 4 heterocycles. The summed E-state index contributed by atoms with van der Waals surface area (Å²) in [5.74, 6) is 1.17. The fourth-order valence-corrected chi connectivity index (χ4v) is 7.50. The van der Waals surface area contributed by atoms with E-state index in [1.165, 1.54) is 4.80 Å². The van der Waals surface area contributed by atoms with E-state index < -0.39 is 30.9 Å². The molecule has 284 valence electrons. The number of phenols is 1. The fourth-order valence-electron chi connectivity index (χ4n) is 7.50. The van der Waals surface area contributed by atoms with E-state index in [9.17, 15) is 25.2 Å². The number of tetrazole rings is 1. The number of aliphatic hydroxyl groups excluding tert-OH is 3. The number of carbonyl (C=O) groups excluding carboxylic acids is 1. The van der Waals surface area contributed by atoms with Gasteiger partial charge in [0.05, 0.1) is 12.4 Å². The predicted molar refractivity (Wildman–Crippen MR) is 201 cm³/mol. The molecule has 0 radical (unpaired) electrons. The highest BCUT2D eigenvalue weighted by Crippen LogP contribution is 2.40. The van der Waals surface area contributed by atoms with E-state index in [2.05, 4.69) is 55.6 Å². The van der Waals surface area contributed by atoms with E-state index in [1.807, 2.05) is 47.4 Å². The van der Waals surface area contributed by atoms with Gasteiger partial charge in [-0.2, -0.15) is 14.8 Å². The molecule has 8 rings (SSSR count). The normalized spacial score (nSPS) is 21.0. The second-order valence-corrected chi connectivity index (χ2v) is 13.9. The number of aromatic hydroxyl groups is 1. The second kappa shape index (κ2) is 15.7. The van der Waals surface area contributed by atoms with Gasteiger partial charge < -0.3 is 45.8 Å². The number of imidazole rings is 1. The zero-order chi connectivity index (χ0) is 37.9. The number of nitrogens with one attached hydrogen (secondary N) is 3. The van der Waals surface area contributed by atoms with Gasteiger partial charge in [-0.15, -0.1) is 10.2 Å². The Bertz CT molecular complexity index is 2200. The predicted octanol–water partition coefficient (Wildman–Crippen LogP) is 2.24. The van der Waals surface area contributed by atoms with Crippen molar-refractivity contribution >= 4 is 29.0 Å². The van der Waals surface area contributed by atoms with Crippen LogP contribution in [0.25, 0.3) is 11.2 Å². The van der Waals surface area contributed by atoms with Crippen LogP contribution in [0.15, 0.2) is 91.3 Å². The van der Waals surface area contributed by atoms with Gasteiger partial charge in [-0.25, -0.2) is 9.78 Å². The summed E-state index contributed by atoms with van der Waals surface area (Å²) in [6, 6.07) is 25.3. The van der Waals surface area contributed by atoms with Crippen LogP contribution in [0.3, 0.4) is 0 Å². The van der Waals surface area contributed by atoms with E-state index in [4.69, 9.17) is 15.0 Å². The van der Waals surface area contributed by atoms with Gasteiger partial charge in [0.25, 0.3) is 0 Å². The Morgan fingerprint density at radius 2 is 1.67 bits per heavy atom. The number of phenolic OH excluding ortho intramolecular Hbond substituents is 1. The number of fused-ring (bicyclic) bond motifs is 1. The Morgan fingerprint density at radius 1 is 0.927 bits per heavy atom. The summed E-state index contributed by atoms with van der Waals surface area (Å²) in [7, 11) is 0. The molecule has 2 aliphatic rings. The molecule has 6 aromatic rings. The minimum Gasteiger partial charge on any atom is -0.508 e. The Hall–Kier alpha value is -6.17. The highest BCUT2D eigenvalue weighted by atomic mass is 16.3. The number of rotatable bonds is 12. The standard InChI is InChI=1S/C38H42N12O5/c51-21-31-45-47-50(46-31)30-17-29(33(53)34(30)54)49-22-41-32-35(39-19-28(24-9-3-1-4-10-24)25-11-5-2-6-12-25)43-37(44-36(32)49)48-15-14-26(20-48)42-38(55)40-18-23-8-7-13-27(52)16-23/h1-13,16,22,26,28-30,33-34,51-54H,14-15,17-21H2,(H,39,43,44)(H2,40,42,55)/t26?,29-,30+,33+,34-/m1/s1. The Morgan fingerprint density at radius 3 is 2.38 bits per heavy atom. The maximum atomic E-state index is 12.8. The van der Waals surface area contributed by atoms with Crippen LogP contribution in [0.1, 0.15) is 53.4 Å². The average molecular weight is 747 g/mol. The number of hydrogen-bond donors (Lipinski definition) is 7. The lowest BCUT2D eigenvalue weighted by atomic mass is 9.91. The first-order valence-electron chi connectivity index (χ1n) is 18.3. The summed E-state index contributed by atoms with van der Waals surface area (Å²) >= 11 is 0.